The molecule has 15 heteroatoms. The molecule has 5 rings (SSSR count). The Morgan fingerprint density at radius 3 is 2.70 bits per heavy atom. The van der Waals surface area contributed by atoms with Crippen molar-refractivity contribution >= 4 is 27.6 Å². The second-order valence-corrected chi connectivity index (χ2v) is 10.2. The number of nitrogens with zero attached hydrogens (tertiary/aromatic N) is 6. The third kappa shape index (κ3) is 5.02. The predicted octanol–water partition coefficient (Wildman–Crippen LogP) is 3.04. The molecule has 1 aromatic carbocycles. The second-order valence-electron chi connectivity index (χ2n) is 7.90. The molecule has 0 bridgehead atoms. The lowest BCUT2D eigenvalue weighted by atomic mass is 10.1. The van der Waals surface area contributed by atoms with Gasteiger partial charge in [-0.2, -0.15) is 0 Å². The summed E-state index contributed by atoms with van der Waals surface area (Å²) < 4.78 is 69.5. The monoisotopic (exact) mass is 549 g/mol. The molecule has 192 valence electrons. The SMILES string of the molecule is COc1nccc2c1OC[C@@H](c1ccc(F)cc1F)n1c(NS(=O)(=O)CCc3ncc(Cl)cn3)nnc1-2. The molecule has 0 spiro atoms. The van der Waals surface area contributed by atoms with E-state index in [1.54, 1.807) is 6.07 Å². The van der Waals surface area contributed by atoms with E-state index in [2.05, 4.69) is 29.9 Å². The van der Waals surface area contributed by atoms with Crippen LogP contribution in [0.3, 0.4) is 0 Å². The van der Waals surface area contributed by atoms with Crippen LogP contribution < -0.4 is 14.2 Å². The third-order valence-electron chi connectivity index (χ3n) is 5.54. The van der Waals surface area contributed by atoms with E-state index in [0.29, 0.717) is 10.6 Å². The standard InChI is InChI=1S/C22H18ClF2N7O4S/c1-35-21-19-15(4-6-26-21)20-29-30-22(31-37(33,34)7-5-18-27-9-12(23)10-28-18)32(20)17(11-36-19)14-3-2-13(24)8-16(14)25/h2-4,6,8-10,17H,5,7,11H2,1H3,(H,30,31)/t17-/m0/s1. The zero-order valence-electron chi connectivity index (χ0n) is 19.1. The number of sulfonamides is 1. The minimum Gasteiger partial charge on any atom is -0.485 e. The summed E-state index contributed by atoms with van der Waals surface area (Å²) >= 11 is 5.77. The van der Waals surface area contributed by atoms with Crippen LogP contribution in [-0.4, -0.2) is 57.6 Å². The van der Waals surface area contributed by atoms with Crippen molar-refractivity contribution < 1.29 is 26.7 Å². The van der Waals surface area contributed by atoms with Gasteiger partial charge in [0.2, 0.25) is 16.0 Å². The molecule has 0 radical (unpaired) electrons. The topological polar surface area (TPSA) is 134 Å². The van der Waals surface area contributed by atoms with Crippen LogP contribution in [0.2, 0.25) is 5.02 Å². The number of anilines is 1. The summed E-state index contributed by atoms with van der Waals surface area (Å²) in [6.45, 7) is -0.185. The van der Waals surface area contributed by atoms with Gasteiger partial charge in [-0.15, -0.1) is 10.2 Å². The fraction of sp³-hybridized carbons (Fsp3) is 0.227. The third-order valence-corrected chi connectivity index (χ3v) is 6.97. The zero-order valence-corrected chi connectivity index (χ0v) is 20.7. The largest absolute Gasteiger partial charge is 0.485 e. The molecule has 0 amide bonds. The number of rotatable bonds is 7. The Morgan fingerprint density at radius 1 is 1.19 bits per heavy atom. The van der Waals surface area contributed by atoms with Crippen LogP contribution in [0.25, 0.3) is 11.4 Å². The Labute approximate surface area is 214 Å². The highest BCUT2D eigenvalue weighted by Gasteiger charge is 2.33. The van der Waals surface area contributed by atoms with Crippen LogP contribution in [0.1, 0.15) is 17.4 Å². The molecule has 1 atom stereocenters. The van der Waals surface area contributed by atoms with Gasteiger partial charge in [0.25, 0.3) is 5.88 Å². The number of pyridine rings is 1. The maximum Gasteiger partial charge on any atom is 0.257 e. The molecule has 37 heavy (non-hydrogen) atoms. The lowest BCUT2D eigenvalue weighted by Crippen LogP contribution is -2.25. The molecule has 1 N–H and O–H groups in total. The fourth-order valence-electron chi connectivity index (χ4n) is 3.85. The molecule has 1 aliphatic heterocycles. The summed E-state index contributed by atoms with van der Waals surface area (Å²) in [7, 11) is -2.58. The van der Waals surface area contributed by atoms with Gasteiger partial charge in [0.15, 0.2) is 11.6 Å². The van der Waals surface area contributed by atoms with Crippen LogP contribution in [0.15, 0.2) is 42.9 Å². The quantitative estimate of drug-likeness (QED) is 0.369. The van der Waals surface area contributed by atoms with Gasteiger partial charge in [-0.1, -0.05) is 17.7 Å². The highest BCUT2D eigenvalue weighted by Crippen LogP contribution is 2.42. The lowest BCUT2D eigenvalue weighted by Gasteiger charge is -2.21. The van der Waals surface area contributed by atoms with Gasteiger partial charge in [0, 0.05) is 36.6 Å². The molecule has 0 saturated heterocycles. The minimum absolute atomic E-state index is 0.00166. The molecule has 0 fully saturated rings. The van der Waals surface area contributed by atoms with Gasteiger partial charge in [-0.05, 0) is 12.1 Å². The number of methoxy groups -OCH3 is 1. The van der Waals surface area contributed by atoms with Gasteiger partial charge in [0.1, 0.15) is 30.1 Å². The average molecular weight is 550 g/mol. The van der Waals surface area contributed by atoms with Gasteiger partial charge in [-0.25, -0.2) is 32.2 Å². The maximum atomic E-state index is 14.9. The number of hydrogen-bond donors (Lipinski definition) is 1. The van der Waals surface area contributed by atoms with Crippen molar-refractivity contribution in [1.82, 2.24) is 29.7 Å². The number of ether oxygens (including phenoxy) is 2. The average Bonchev–Trinajstić information content (AvgIpc) is 3.18. The van der Waals surface area contributed by atoms with E-state index in [-0.39, 0.29) is 53.6 Å². The van der Waals surface area contributed by atoms with Gasteiger partial charge < -0.3 is 9.47 Å². The van der Waals surface area contributed by atoms with Crippen molar-refractivity contribution in [3.63, 3.8) is 0 Å². The Morgan fingerprint density at radius 2 is 1.97 bits per heavy atom. The van der Waals surface area contributed by atoms with Crippen molar-refractivity contribution in [1.29, 1.82) is 0 Å². The number of fused-ring (bicyclic) bond motifs is 3. The summed E-state index contributed by atoms with van der Waals surface area (Å²) in [6.07, 6.45) is 4.18. The van der Waals surface area contributed by atoms with Crippen molar-refractivity contribution in [3.05, 3.63) is 70.9 Å². The van der Waals surface area contributed by atoms with Gasteiger partial charge >= 0.3 is 0 Å². The first-order valence-corrected chi connectivity index (χ1v) is 12.8. The lowest BCUT2D eigenvalue weighted by molar-refractivity contribution is 0.260. The van der Waals surface area contributed by atoms with Crippen LogP contribution in [0, 0.1) is 11.6 Å². The van der Waals surface area contributed by atoms with Crippen molar-refractivity contribution in [2.75, 3.05) is 24.2 Å². The molecule has 0 aliphatic carbocycles. The molecule has 0 saturated carbocycles. The molecule has 11 nitrogen and oxygen atoms in total. The highest BCUT2D eigenvalue weighted by molar-refractivity contribution is 7.92. The normalized spacial score (nSPS) is 14.8. The summed E-state index contributed by atoms with van der Waals surface area (Å²) in [5.41, 5.74) is 0.432. The van der Waals surface area contributed by atoms with Crippen molar-refractivity contribution in [2.24, 2.45) is 0 Å². The molecular formula is C22H18ClF2N7O4S. The minimum atomic E-state index is -3.99. The number of halogens is 3. The maximum absolute atomic E-state index is 14.9. The number of benzene rings is 1. The van der Waals surface area contributed by atoms with E-state index in [0.717, 1.165) is 12.1 Å². The summed E-state index contributed by atoms with van der Waals surface area (Å²) in [4.78, 5) is 12.1. The smallest absolute Gasteiger partial charge is 0.257 e. The predicted molar refractivity (Wildman–Crippen MR) is 128 cm³/mol. The van der Waals surface area contributed by atoms with Crippen LogP contribution >= 0.6 is 11.6 Å². The molecular weight excluding hydrogens is 532 g/mol. The second kappa shape index (κ2) is 9.86. The zero-order chi connectivity index (χ0) is 26.2. The van der Waals surface area contributed by atoms with Crippen LogP contribution in [0.4, 0.5) is 14.7 Å². The van der Waals surface area contributed by atoms with Crippen LogP contribution in [0.5, 0.6) is 11.6 Å². The molecule has 4 aromatic rings. The van der Waals surface area contributed by atoms with Gasteiger partial charge in [-0.3, -0.25) is 9.29 Å². The van der Waals surface area contributed by atoms with E-state index in [4.69, 9.17) is 21.1 Å². The first-order valence-electron chi connectivity index (χ1n) is 10.8. The van der Waals surface area contributed by atoms with Gasteiger partial charge in [0.05, 0.1) is 23.4 Å². The number of aryl methyl sites for hydroxylation is 1. The summed E-state index contributed by atoms with van der Waals surface area (Å²) in [6, 6.07) is 3.69. The Bertz CT molecular complexity index is 1570. The van der Waals surface area contributed by atoms with E-state index >= 15 is 0 Å². The Hall–Kier alpha value is -3.91. The van der Waals surface area contributed by atoms with E-state index in [1.807, 2.05) is 0 Å². The van der Waals surface area contributed by atoms with Crippen LogP contribution in [-0.2, 0) is 16.4 Å². The fourth-order valence-corrected chi connectivity index (χ4v) is 4.92. The number of aromatic nitrogens is 6. The van der Waals surface area contributed by atoms with E-state index in [9.17, 15) is 17.2 Å². The molecule has 4 heterocycles. The molecule has 1 aliphatic rings. The Kier molecular flexibility index (Phi) is 6.60. The van der Waals surface area contributed by atoms with Crippen molar-refractivity contribution in [3.8, 4) is 23.0 Å². The Balaban J connectivity index is 1.55. The summed E-state index contributed by atoms with van der Waals surface area (Å²) in [5, 5.41) is 8.51. The number of hydrogen-bond acceptors (Lipinski definition) is 9. The highest BCUT2D eigenvalue weighted by atomic mass is 35.5. The molecule has 0 unspecified atom stereocenters. The summed E-state index contributed by atoms with van der Waals surface area (Å²) in [5.74, 6) is -1.36. The van der Waals surface area contributed by atoms with E-state index < -0.39 is 27.7 Å². The molecule has 3 aromatic heterocycles. The van der Waals surface area contributed by atoms with Crippen molar-refractivity contribution in [2.45, 2.75) is 12.5 Å². The first kappa shape index (κ1) is 24.8. The first-order chi connectivity index (χ1) is 17.8. The van der Waals surface area contributed by atoms with E-state index in [1.165, 1.54) is 36.3 Å². The number of nitrogens with one attached hydrogen (secondary N) is 1.